The Labute approximate surface area is 123 Å². The molecule has 3 N–H and O–H groups in total. The number of carbonyl (C=O) groups is 1. The Kier molecular flexibility index (Phi) is 5.55. The molecule has 5 nitrogen and oxygen atoms in total. The van der Waals surface area contributed by atoms with Crippen molar-refractivity contribution in [3.8, 4) is 5.75 Å². The topological polar surface area (TPSA) is 73.6 Å². The van der Waals surface area contributed by atoms with Crippen LogP contribution in [-0.4, -0.2) is 37.2 Å². The number of amides is 1. The van der Waals surface area contributed by atoms with Gasteiger partial charge in [0.25, 0.3) is 0 Å². The molecule has 1 atom stereocenters. The Bertz CT molecular complexity index is 462. The number of nitrogen functional groups attached to an aromatic ring is 1. The van der Waals surface area contributed by atoms with E-state index in [2.05, 4.69) is 5.32 Å². The summed E-state index contributed by atoms with van der Waals surface area (Å²) in [6, 6.07) is 5.21. The van der Waals surface area contributed by atoms with Gasteiger partial charge in [-0.2, -0.15) is 0 Å². The molecule has 20 heavy (non-hydrogen) atoms. The molecule has 0 aliphatic carbocycles. The first-order chi connectivity index (χ1) is 9.69. The highest BCUT2D eigenvalue weighted by molar-refractivity contribution is 8.00. The molecule has 0 saturated carbocycles. The van der Waals surface area contributed by atoms with Crippen LogP contribution in [0.25, 0.3) is 0 Å². The zero-order valence-corrected chi connectivity index (χ0v) is 12.4. The second kappa shape index (κ2) is 7.40. The fraction of sp³-hybridized carbons (Fsp3) is 0.500. The molecule has 6 heteroatoms. The molecule has 1 aromatic rings. The van der Waals surface area contributed by atoms with Gasteiger partial charge >= 0.3 is 0 Å². The minimum absolute atomic E-state index is 0.0511. The quantitative estimate of drug-likeness (QED) is 0.787. The molecule has 1 unspecified atom stereocenters. The Balaban J connectivity index is 1.76. The predicted octanol–water partition coefficient (Wildman–Crippen LogP) is 2.13. The SMILES string of the molecule is COc1ccc(NC(=O)CSCC2CCCO2)c(N)c1. The van der Waals surface area contributed by atoms with Crippen molar-refractivity contribution in [3.05, 3.63) is 18.2 Å². The molecule has 1 saturated heterocycles. The zero-order chi connectivity index (χ0) is 14.4. The van der Waals surface area contributed by atoms with Crippen molar-refractivity contribution in [2.24, 2.45) is 0 Å². The van der Waals surface area contributed by atoms with Crippen LogP contribution in [-0.2, 0) is 9.53 Å². The fourth-order valence-corrected chi connectivity index (χ4v) is 2.93. The van der Waals surface area contributed by atoms with Crippen LogP contribution in [0.4, 0.5) is 11.4 Å². The Morgan fingerprint density at radius 2 is 2.45 bits per heavy atom. The van der Waals surface area contributed by atoms with Crippen LogP contribution >= 0.6 is 11.8 Å². The van der Waals surface area contributed by atoms with Gasteiger partial charge in [-0.05, 0) is 25.0 Å². The minimum atomic E-state index is -0.0511. The molecule has 1 aromatic carbocycles. The van der Waals surface area contributed by atoms with Crippen molar-refractivity contribution < 1.29 is 14.3 Å². The molecular weight excluding hydrogens is 276 g/mol. The van der Waals surface area contributed by atoms with Gasteiger partial charge in [0.2, 0.25) is 5.91 Å². The van der Waals surface area contributed by atoms with Crippen LogP contribution in [0, 0.1) is 0 Å². The summed E-state index contributed by atoms with van der Waals surface area (Å²) >= 11 is 1.59. The number of benzene rings is 1. The number of anilines is 2. The number of hydrogen-bond donors (Lipinski definition) is 2. The van der Waals surface area contributed by atoms with Gasteiger partial charge in [0.05, 0.1) is 30.3 Å². The lowest BCUT2D eigenvalue weighted by atomic mass is 10.2. The van der Waals surface area contributed by atoms with Gasteiger partial charge in [-0.3, -0.25) is 4.79 Å². The third-order valence-electron chi connectivity index (χ3n) is 3.09. The van der Waals surface area contributed by atoms with Crippen molar-refractivity contribution in [3.63, 3.8) is 0 Å². The van der Waals surface area contributed by atoms with Crippen LogP contribution in [0.5, 0.6) is 5.75 Å². The number of hydrogen-bond acceptors (Lipinski definition) is 5. The van der Waals surface area contributed by atoms with E-state index in [1.165, 1.54) is 0 Å². The van der Waals surface area contributed by atoms with Crippen LogP contribution in [0.2, 0.25) is 0 Å². The molecule has 0 radical (unpaired) electrons. The van der Waals surface area contributed by atoms with E-state index in [1.807, 2.05) is 0 Å². The maximum absolute atomic E-state index is 11.8. The van der Waals surface area contributed by atoms with Crippen LogP contribution < -0.4 is 15.8 Å². The second-order valence-electron chi connectivity index (χ2n) is 4.65. The van der Waals surface area contributed by atoms with Gasteiger partial charge in [0, 0.05) is 18.4 Å². The first-order valence-corrected chi connectivity index (χ1v) is 7.77. The van der Waals surface area contributed by atoms with Gasteiger partial charge in [-0.1, -0.05) is 0 Å². The minimum Gasteiger partial charge on any atom is -0.497 e. The number of carbonyl (C=O) groups excluding carboxylic acids is 1. The highest BCUT2D eigenvalue weighted by Gasteiger charge is 2.16. The first kappa shape index (κ1) is 15.0. The van der Waals surface area contributed by atoms with Crippen molar-refractivity contribution in [1.82, 2.24) is 0 Å². The van der Waals surface area contributed by atoms with E-state index >= 15 is 0 Å². The Hall–Kier alpha value is -1.40. The largest absolute Gasteiger partial charge is 0.497 e. The van der Waals surface area contributed by atoms with Gasteiger partial charge < -0.3 is 20.5 Å². The summed E-state index contributed by atoms with van der Waals surface area (Å²) in [7, 11) is 1.58. The number of nitrogens with one attached hydrogen (secondary N) is 1. The van der Waals surface area contributed by atoms with Crippen molar-refractivity contribution in [1.29, 1.82) is 0 Å². The summed E-state index contributed by atoms with van der Waals surface area (Å²) in [5, 5.41) is 2.81. The molecule has 1 aliphatic heterocycles. The van der Waals surface area contributed by atoms with Gasteiger partial charge in [-0.15, -0.1) is 11.8 Å². The average Bonchev–Trinajstić information content (AvgIpc) is 2.94. The zero-order valence-electron chi connectivity index (χ0n) is 11.6. The molecule has 1 fully saturated rings. The molecule has 0 aromatic heterocycles. The summed E-state index contributed by atoms with van der Waals surface area (Å²) in [6.45, 7) is 0.847. The standard InChI is InChI=1S/C14H20N2O3S/c1-18-10-4-5-13(12(15)7-10)16-14(17)9-20-8-11-3-2-6-19-11/h4-5,7,11H,2-3,6,8-9,15H2,1H3,(H,16,17). The molecule has 1 aliphatic rings. The summed E-state index contributed by atoms with van der Waals surface area (Å²) in [6.07, 6.45) is 2.53. The van der Waals surface area contributed by atoms with E-state index < -0.39 is 0 Å². The highest BCUT2D eigenvalue weighted by Crippen LogP contribution is 2.24. The van der Waals surface area contributed by atoms with E-state index in [0.29, 0.717) is 29.0 Å². The molecule has 1 amide bonds. The monoisotopic (exact) mass is 296 g/mol. The maximum atomic E-state index is 11.8. The summed E-state index contributed by atoms with van der Waals surface area (Å²) in [4.78, 5) is 11.8. The molecule has 0 bridgehead atoms. The number of methoxy groups -OCH3 is 1. The fourth-order valence-electron chi connectivity index (χ4n) is 2.03. The highest BCUT2D eigenvalue weighted by atomic mass is 32.2. The lowest BCUT2D eigenvalue weighted by molar-refractivity contribution is -0.113. The van der Waals surface area contributed by atoms with Gasteiger partial charge in [0.15, 0.2) is 0 Å². The van der Waals surface area contributed by atoms with Crippen molar-refractivity contribution in [2.45, 2.75) is 18.9 Å². The predicted molar refractivity (Wildman–Crippen MR) is 82.3 cm³/mol. The third-order valence-corrected chi connectivity index (χ3v) is 4.17. The number of nitrogens with two attached hydrogens (primary N) is 1. The summed E-state index contributed by atoms with van der Waals surface area (Å²) in [5.41, 5.74) is 6.97. The van der Waals surface area contributed by atoms with Crippen LogP contribution in [0.15, 0.2) is 18.2 Å². The molecule has 2 rings (SSSR count). The molecule has 0 spiro atoms. The van der Waals surface area contributed by atoms with Crippen LogP contribution in [0.3, 0.4) is 0 Å². The average molecular weight is 296 g/mol. The first-order valence-electron chi connectivity index (χ1n) is 6.61. The molecule has 110 valence electrons. The van der Waals surface area contributed by atoms with Crippen molar-refractivity contribution in [2.75, 3.05) is 36.3 Å². The van der Waals surface area contributed by atoms with E-state index in [0.717, 1.165) is 25.2 Å². The van der Waals surface area contributed by atoms with Crippen LogP contribution in [0.1, 0.15) is 12.8 Å². The molecular formula is C14H20N2O3S. The van der Waals surface area contributed by atoms with E-state index in [-0.39, 0.29) is 5.91 Å². The Morgan fingerprint density at radius 3 is 3.10 bits per heavy atom. The normalized spacial score (nSPS) is 17.9. The van der Waals surface area contributed by atoms with Crippen molar-refractivity contribution >= 4 is 29.0 Å². The van der Waals surface area contributed by atoms with Gasteiger partial charge in [0.1, 0.15) is 5.75 Å². The van der Waals surface area contributed by atoms with Gasteiger partial charge in [-0.25, -0.2) is 0 Å². The summed E-state index contributed by atoms with van der Waals surface area (Å²) in [5.74, 6) is 1.90. The summed E-state index contributed by atoms with van der Waals surface area (Å²) < 4.78 is 10.6. The lowest BCUT2D eigenvalue weighted by Gasteiger charge is -2.11. The van der Waals surface area contributed by atoms with E-state index in [4.69, 9.17) is 15.2 Å². The number of thioether (sulfide) groups is 1. The Morgan fingerprint density at radius 1 is 1.60 bits per heavy atom. The molecule has 1 heterocycles. The van der Waals surface area contributed by atoms with E-state index in [9.17, 15) is 4.79 Å². The smallest absolute Gasteiger partial charge is 0.234 e. The van der Waals surface area contributed by atoms with E-state index in [1.54, 1.807) is 37.1 Å². The lowest BCUT2D eigenvalue weighted by Crippen LogP contribution is -2.17. The number of rotatable bonds is 6. The maximum Gasteiger partial charge on any atom is 0.234 e. The third kappa shape index (κ3) is 4.31. The number of ether oxygens (including phenoxy) is 2. The second-order valence-corrected chi connectivity index (χ2v) is 5.68.